The summed E-state index contributed by atoms with van der Waals surface area (Å²) in [5.74, 6) is -1.14. The van der Waals surface area contributed by atoms with E-state index in [-0.39, 0.29) is 10.6 Å². The van der Waals surface area contributed by atoms with Crippen molar-refractivity contribution in [2.75, 3.05) is 6.61 Å². The highest BCUT2D eigenvalue weighted by atomic mass is 79.9. The van der Waals surface area contributed by atoms with E-state index in [9.17, 15) is 8.78 Å². The van der Waals surface area contributed by atoms with E-state index in [1.54, 1.807) is 0 Å². The Morgan fingerprint density at radius 2 is 2.08 bits per heavy atom. The topological polar surface area (TPSA) is 12.5 Å². The Morgan fingerprint density at radius 3 is 2.67 bits per heavy atom. The molecule has 0 amide bonds. The van der Waals surface area contributed by atoms with Gasteiger partial charge in [-0.25, -0.2) is 8.78 Å². The van der Waals surface area contributed by atoms with Crippen LogP contribution >= 0.6 is 15.9 Å². The molecule has 1 aromatic rings. The van der Waals surface area contributed by atoms with Gasteiger partial charge in [-0.15, -0.1) is 0 Å². The highest BCUT2D eigenvalue weighted by Crippen LogP contribution is 2.34. The zero-order valence-electron chi connectivity index (χ0n) is 5.98. The summed E-state index contributed by atoms with van der Waals surface area (Å²) in [7, 11) is 0. The molecule has 1 aliphatic rings. The van der Waals surface area contributed by atoms with Crippen LogP contribution in [0.5, 0.6) is 0 Å². The van der Waals surface area contributed by atoms with Crippen molar-refractivity contribution in [2.45, 2.75) is 6.10 Å². The maximum Gasteiger partial charge on any atom is 0.146 e. The minimum Gasteiger partial charge on any atom is -0.368 e. The number of hydrogen-bond donors (Lipinski definition) is 0. The number of rotatable bonds is 1. The van der Waals surface area contributed by atoms with Crippen LogP contribution in [0.15, 0.2) is 16.6 Å². The minimum absolute atomic E-state index is 0.115. The van der Waals surface area contributed by atoms with Crippen LogP contribution in [0, 0.1) is 11.6 Å². The molecule has 1 atom stereocenters. The van der Waals surface area contributed by atoms with Crippen molar-refractivity contribution in [1.29, 1.82) is 0 Å². The van der Waals surface area contributed by atoms with E-state index in [0.717, 1.165) is 0 Å². The smallest absolute Gasteiger partial charge is 0.146 e. The molecule has 0 aliphatic carbocycles. The number of ether oxygens (including phenoxy) is 1. The van der Waals surface area contributed by atoms with Gasteiger partial charge >= 0.3 is 0 Å². The summed E-state index contributed by atoms with van der Waals surface area (Å²) in [4.78, 5) is 0. The van der Waals surface area contributed by atoms with Crippen LogP contribution in [0.2, 0.25) is 0 Å². The third-order valence-corrected chi connectivity index (χ3v) is 2.47. The molecular formula is C8H5BrF2O. The normalized spacial score (nSPS) is 21.1. The second kappa shape index (κ2) is 2.78. The van der Waals surface area contributed by atoms with Crippen LogP contribution in [-0.4, -0.2) is 6.61 Å². The summed E-state index contributed by atoms with van der Waals surface area (Å²) in [6, 6.07) is 2.64. The molecular weight excluding hydrogens is 230 g/mol. The maximum absolute atomic E-state index is 13.2. The van der Waals surface area contributed by atoms with E-state index in [0.29, 0.717) is 12.2 Å². The zero-order chi connectivity index (χ0) is 8.72. The lowest BCUT2D eigenvalue weighted by Gasteiger charge is -2.01. The van der Waals surface area contributed by atoms with Crippen LogP contribution in [0.25, 0.3) is 0 Å². The fraction of sp³-hybridized carbons (Fsp3) is 0.250. The van der Waals surface area contributed by atoms with Gasteiger partial charge in [0, 0.05) is 5.56 Å². The average molecular weight is 235 g/mol. The van der Waals surface area contributed by atoms with Gasteiger partial charge in [0.1, 0.15) is 17.7 Å². The van der Waals surface area contributed by atoms with E-state index in [1.165, 1.54) is 12.1 Å². The monoisotopic (exact) mass is 234 g/mol. The van der Waals surface area contributed by atoms with Gasteiger partial charge in [-0.2, -0.15) is 0 Å². The molecule has 0 aromatic heterocycles. The molecule has 1 saturated heterocycles. The summed E-state index contributed by atoms with van der Waals surface area (Å²) in [5.41, 5.74) is 0.420. The Labute approximate surface area is 76.5 Å². The van der Waals surface area contributed by atoms with Crippen molar-refractivity contribution in [2.24, 2.45) is 0 Å². The molecule has 0 bridgehead atoms. The highest BCUT2D eigenvalue weighted by molar-refractivity contribution is 9.10. The number of halogens is 3. The molecule has 0 N–H and O–H groups in total. The first kappa shape index (κ1) is 8.13. The third-order valence-electron chi connectivity index (χ3n) is 1.75. The highest BCUT2D eigenvalue weighted by Gasteiger charge is 2.29. The Hall–Kier alpha value is -0.480. The quantitative estimate of drug-likeness (QED) is 0.538. The Morgan fingerprint density at radius 1 is 1.42 bits per heavy atom. The predicted octanol–water partition coefficient (Wildman–Crippen LogP) is 2.80. The lowest BCUT2D eigenvalue weighted by Crippen LogP contribution is -1.92. The van der Waals surface area contributed by atoms with Gasteiger partial charge in [0.2, 0.25) is 0 Å². The summed E-state index contributed by atoms with van der Waals surface area (Å²) in [5, 5.41) is 0. The predicted molar refractivity (Wildman–Crippen MR) is 42.8 cm³/mol. The lowest BCUT2D eigenvalue weighted by atomic mass is 10.1. The molecule has 0 saturated carbocycles. The van der Waals surface area contributed by atoms with Crippen LogP contribution in [-0.2, 0) is 4.74 Å². The zero-order valence-corrected chi connectivity index (χ0v) is 7.57. The second-order valence-electron chi connectivity index (χ2n) is 2.59. The molecule has 0 radical (unpaired) electrons. The molecule has 2 rings (SSSR count). The van der Waals surface area contributed by atoms with Crippen molar-refractivity contribution in [1.82, 2.24) is 0 Å². The Balaban J connectivity index is 2.49. The van der Waals surface area contributed by atoms with Crippen molar-refractivity contribution >= 4 is 15.9 Å². The first-order valence-corrected chi connectivity index (χ1v) is 4.24. The number of hydrogen-bond acceptors (Lipinski definition) is 1. The van der Waals surface area contributed by atoms with Gasteiger partial charge in [0.05, 0.1) is 11.1 Å². The van der Waals surface area contributed by atoms with Gasteiger partial charge in [-0.1, -0.05) is 6.07 Å². The van der Waals surface area contributed by atoms with Gasteiger partial charge < -0.3 is 4.74 Å². The first-order valence-electron chi connectivity index (χ1n) is 3.45. The fourth-order valence-corrected chi connectivity index (χ4v) is 1.38. The Kier molecular flexibility index (Phi) is 1.88. The van der Waals surface area contributed by atoms with Crippen molar-refractivity contribution in [3.05, 3.63) is 33.8 Å². The largest absolute Gasteiger partial charge is 0.368 e. The van der Waals surface area contributed by atoms with E-state index in [1.807, 2.05) is 0 Å². The molecule has 64 valence electrons. The molecule has 4 heteroatoms. The summed E-state index contributed by atoms with van der Waals surface area (Å²) in [6.45, 7) is 0.523. The van der Waals surface area contributed by atoms with Crippen molar-refractivity contribution in [3.8, 4) is 0 Å². The summed E-state index contributed by atoms with van der Waals surface area (Å²) >= 11 is 2.82. The molecule has 1 aromatic carbocycles. The van der Waals surface area contributed by atoms with Crippen molar-refractivity contribution in [3.63, 3.8) is 0 Å². The van der Waals surface area contributed by atoms with Crippen LogP contribution in [0.4, 0.5) is 8.78 Å². The molecule has 1 nitrogen and oxygen atoms in total. The SMILES string of the molecule is Fc1ccc([C@@H]2CO2)c(F)c1Br. The van der Waals surface area contributed by atoms with Crippen LogP contribution < -0.4 is 0 Å². The van der Waals surface area contributed by atoms with Crippen LogP contribution in [0.1, 0.15) is 11.7 Å². The second-order valence-corrected chi connectivity index (χ2v) is 3.38. The molecule has 1 fully saturated rings. The standard InChI is InChI=1S/C8H5BrF2O/c9-7-5(10)2-1-4(8(7)11)6-3-12-6/h1-2,6H,3H2/t6-/m0/s1. The van der Waals surface area contributed by atoms with Crippen molar-refractivity contribution < 1.29 is 13.5 Å². The number of benzene rings is 1. The maximum atomic E-state index is 13.2. The summed E-state index contributed by atoms with van der Waals surface area (Å²) in [6.07, 6.45) is -0.179. The minimum atomic E-state index is -0.586. The van der Waals surface area contributed by atoms with Gasteiger partial charge in [-0.05, 0) is 22.0 Å². The molecule has 0 spiro atoms. The van der Waals surface area contributed by atoms with E-state index >= 15 is 0 Å². The Bertz CT molecular complexity index is 323. The van der Waals surface area contributed by atoms with Gasteiger partial charge in [0.25, 0.3) is 0 Å². The number of epoxide rings is 1. The average Bonchev–Trinajstić information content (AvgIpc) is 2.84. The molecule has 0 unspecified atom stereocenters. The van der Waals surface area contributed by atoms with Crippen LogP contribution in [0.3, 0.4) is 0 Å². The molecule has 1 aliphatic heterocycles. The first-order chi connectivity index (χ1) is 5.70. The molecule has 12 heavy (non-hydrogen) atoms. The van der Waals surface area contributed by atoms with E-state index in [2.05, 4.69) is 15.9 Å². The van der Waals surface area contributed by atoms with E-state index in [4.69, 9.17) is 4.74 Å². The summed E-state index contributed by atoms with van der Waals surface area (Å²) < 4.78 is 30.7. The third kappa shape index (κ3) is 1.25. The van der Waals surface area contributed by atoms with Gasteiger partial charge in [-0.3, -0.25) is 0 Å². The lowest BCUT2D eigenvalue weighted by molar-refractivity contribution is 0.406. The van der Waals surface area contributed by atoms with E-state index < -0.39 is 11.6 Å². The van der Waals surface area contributed by atoms with Gasteiger partial charge in [0.15, 0.2) is 0 Å². The molecule has 1 heterocycles. The fourth-order valence-electron chi connectivity index (χ4n) is 1.02.